The summed E-state index contributed by atoms with van der Waals surface area (Å²) in [7, 11) is 0. The zero-order valence-corrected chi connectivity index (χ0v) is 14.9. The topological polar surface area (TPSA) is 43.4 Å². The Morgan fingerprint density at radius 1 is 0.731 bits per heavy atom. The molecule has 0 saturated carbocycles. The number of esters is 1. The van der Waals surface area contributed by atoms with E-state index in [1.54, 1.807) is 24.3 Å². The quantitative estimate of drug-likeness (QED) is 0.483. The molecule has 0 aliphatic heterocycles. The van der Waals surface area contributed by atoms with Crippen molar-refractivity contribution in [2.24, 2.45) is 0 Å². The molecule has 0 atom stereocenters. The summed E-state index contributed by atoms with van der Waals surface area (Å²) in [4.78, 5) is 24.4. The third-order valence-corrected chi connectivity index (χ3v) is 4.11. The first-order valence-corrected chi connectivity index (χ1v) is 8.47. The van der Waals surface area contributed by atoms with Gasteiger partial charge in [0.2, 0.25) is 0 Å². The maximum atomic E-state index is 12.3. The first kappa shape index (κ1) is 17.6. The second-order valence-corrected chi connectivity index (χ2v) is 6.32. The van der Waals surface area contributed by atoms with Crippen molar-refractivity contribution < 1.29 is 14.3 Å². The maximum absolute atomic E-state index is 12.3. The summed E-state index contributed by atoms with van der Waals surface area (Å²) < 4.78 is 5.18. The Labute approximate surface area is 153 Å². The van der Waals surface area contributed by atoms with Gasteiger partial charge in [0.25, 0.3) is 0 Å². The van der Waals surface area contributed by atoms with Crippen LogP contribution in [0.2, 0.25) is 0 Å². The first-order valence-electron chi connectivity index (χ1n) is 8.47. The maximum Gasteiger partial charge on any atom is 0.338 e. The number of carbonyl (C=O) groups excluding carboxylic acids is 2. The number of hydrogen-bond acceptors (Lipinski definition) is 3. The lowest BCUT2D eigenvalue weighted by molar-refractivity contribution is 0.0474. The summed E-state index contributed by atoms with van der Waals surface area (Å²) in [5.41, 5.74) is 5.09. The molecule has 0 bridgehead atoms. The minimum Gasteiger partial charge on any atom is -0.454 e. The van der Waals surface area contributed by atoms with Crippen LogP contribution in [0.1, 0.15) is 31.8 Å². The van der Waals surface area contributed by atoms with Crippen LogP contribution < -0.4 is 0 Å². The molecule has 0 unspecified atom stereocenters. The van der Waals surface area contributed by atoms with Crippen LogP contribution in [-0.2, 0) is 4.74 Å². The fourth-order valence-electron chi connectivity index (χ4n) is 2.87. The second-order valence-electron chi connectivity index (χ2n) is 6.32. The van der Waals surface area contributed by atoms with Crippen LogP contribution in [0.25, 0.3) is 11.1 Å². The van der Waals surface area contributed by atoms with Crippen molar-refractivity contribution in [2.75, 3.05) is 6.61 Å². The highest BCUT2D eigenvalue weighted by molar-refractivity contribution is 5.99. The molecule has 0 N–H and O–H groups in total. The molecule has 0 fully saturated rings. The monoisotopic (exact) mass is 344 g/mol. The highest BCUT2D eigenvalue weighted by Crippen LogP contribution is 2.19. The average molecular weight is 344 g/mol. The van der Waals surface area contributed by atoms with E-state index in [0.717, 1.165) is 22.3 Å². The second kappa shape index (κ2) is 7.79. The molecule has 3 aromatic rings. The van der Waals surface area contributed by atoms with Gasteiger partial charge in [-0.3, -0.25) is 4.79 Å². The van der Waals surface area contributed by atoms with Gasteiger partial charge in [-0.1, -0.05) is 71.8 Å². The van der Waals surface area contributed by atoms with E-state index in [1.165, 1.54) is 0 Å². The Balaban J connectivity index is 1.64. The van der Waals surface area contributed by atoms with Crippen molar-refractivity contribution in [3.8, 4) is 11.1 Å². The van der Waals surface area contributed by atoms with E-state index >= 15 is 0 Å². The van der Waals surface area contributed by atoms with Crippen LogP contribution >= 0.6 is 0 Å². The van der Waals surface area contributed by atoms with Gasteiger partial charge in [-0.25, -0.2) is 4.79 Å². The largest absolute Gasteiger partial charge is 0.454 e. The number of aryl methyl sites for hydroxylation is 2. The van der Waals surface area contributed by atoms with Gasteiger partial charge < -0.3 is 4.74 Å². The van der Waals surface area contributed by atoms with Gasteiger partial charge in [0.1, 0.15) is 0 Å². The Morgan fingerprint density at radius 3 is 1.92 bits per heavy atom. The van der Waals surface area contributed by atoms with Crippen molar-refractivity contribution in [3.05, 3.63) is 95.1 Å². The zero-order valence-electron chi connectivity index (χ0n) is 14.9. The van der Waals surface area contributed by atoms with Crippen LogP contribution in [-0.4, -0.2) is 18.4 Å². The van der Waals surface area contributed by atoms with E-state index in [-0.39, 0.29) is 12.4 Å². The number of ether oxygens (including phenoxy) is 1. The fraction of sp³-hybridized carbons (Fsp3) is 0.130. The summed E-state index contributed by atoms with van der Waals surface area (Å²) in [5.74, 6) is -0.701. The highest BCUT2D eigenvalue weighted by Gasteiger charge is 2.12. The fourth-order valence-corrected chi connectivity index (χ4v) is 2.87. The molecular formula is C23H20O3. The molecule has 3 nitrogen and oxygen atoms in total. The minimum atomic E-state index is -0.481. The molecule has 0 heterocycles. The Morgan fingerprint density at radius 2 is 1.31 bits per heavy atom. The van der Waals surface area contributed by atoms with Crippen molar-refractivity contribution in [1.29, 1.82) is 0 Å². The summed E-state index contributed by atoms with van der Waals surface area (Å²) in [5, 5.41) is 0. The van der Waals surface area contributed by atoms with Crippen LogP contribution in [0, 0.1) is 13.8 Å². The Hall–Kier alpha value is -3.20. The van der Waals surface area contributed by atoms with Gasteiger partial charge in [0.15, 0.2) is 12.4 Å². The molecule has 0 aliphatic rings. The van der Waals surface area contributed by atoms with E-state index in [9.17, 15) is 9.59 Å². The van der Waals surface area contributed by atoms with Crippen molar-refractivity contribution in [1.82, 2.24) is 0 Å². The Kier molecular flexibility index (Phi) is 5.28. The van der Waals surface area contributed by atoms with E-state index in [4.69, 9.17) is 4.74 Å². The SMILES string of the molecule is Cc1cc(C)cc(C(=O)OCC(=O)c2ccc(-c3ccccc3)cc2)c1. The van der Waals surface area contributed by atoms with Crippen LogP contribution in [0.5, 0.6) is 0 Å². The lowest BCUT2D eigenvalue weighted by atomic mass is 10.0. The molecule has 3 aromatic carbocycles. The average Bonchev–Trinajstić information content (AvgIpc) is 2.66. The molecule has 3 heteroatoms. The van der Waals surface area contributed by atoms with E-state index < -0.39 is 5.97 Å². The van der Waals surface area contributed by atoms with Crippen molar-refractivity contribution in [2.45, 2.75) is 13.8 Å². The van der Waals surface area contributed by atoms with Crippen LogP contribution in [0.15, 0.2) is 72.8 Å². The Bertz CT molecular complexity index is 905. The summed E-state index contributed by atoms with van der Waals surface area (Å²) in [6.45, 7) is 3.57. The molecule has 0 aromatic heterocycles. The normalized spacial score (nSPS) is 10.4. The van der Waals surface area contributed by atoms with Gasteiger partial charge >= 0.3 is 5.97 Å². The highest BCUT2D eigenvalue weighted by atomic mass is 16.5. The predicted molar refractivity (Wildman–Crippen MR) is 102 cm³/mol. The number of carbonyl (C=O) groups is 2. The molecule has 0 radical (unpaired) electrons. The number of hydrogen-bond donors (Lipinski definition) is 0. The summed E-state index contributed by atoms with van der Waals surface area (Å²) in [6.07, 6.45) is 0. The van der Waals surface area contributed by atoms with Gasteiger partial charge in [0, 0.05) is 5.56 Å². The van der Waals surface area contributed by atoms with Gasteiger partial charge in [-0.2, -0.15) is 0 Å². The smallest absolute Gasteiger partial charge is 0.338 e. The standard InChI is InChI=1S/C23H20O3/c1-16-12-17(2)14-21(13-16)23(25)26-15-22(24)20-10-8-19(9-11-20)18-6-4-3-5-7-18/h3-14H,15H2,1-2H3. The molecular weight excluding hydrogens is 324 g/mol. The lowest BCUT2D eigenvalue weighted by Gasteiger charge is -2.07. The summed E-state index contributed by atoms with van der Waals surface area (Å²) >= 11 is 0. The van der Waals surface area contributed by atoms with E-state index in [1.807, 2.05) is 62.4 Å². The summed E-state index contributed by atoms with van der Waals surface area (Å²) in [6, 6.07) is 22.8. The number of Topliss-reactive ketones (excluding diaryl/α,β-unsaturated/α-hetero) is 1. The molecule has 3 rings (SSSR count). The molecule has 0 spiro atoms. The predicted octanol–water partition coefficient (Wildman–Crippen LogP) is 5.01. The number of ketones is 1. The minimum absolute atomic E-state index is 0.220. The molecule has 130 valence electrons. The van der Waals surface area contributed by atoms with Gasteiger partial charge in [-0.05, 0) is 37.1 Å². The van der Waals surface area contributed by atoms with Gasteiger partial charge in [0.05, 0.1) is 5.56 Å². The van der Waals surface area contributed by atoms with E-state index in [0.29, 0.717) is 11.1 Å². The third-order valence-electron chi connectivity index (χ3n) is 4.11. The molecule has 0 aliphatic carbocycles. The number of rotatable bonds is 5. The van der Waals surface area contributed by atoms with Crippen LogP contribution in [0.4, 0.5) is 0 Å². The van der Waals surface area contributed by atoms with E-state index in [2.05, 4.69) is 0 Å². The van der Waals surface area contributed by atoms with Crippen molar-refractivity contribution in [3.63, 3.8) is 0 Å². The zero-order chi connectivity index (χ0) is 18.5. The third kappa shape index (κ3) is 4.25. The molecule has 0 saturated heterocycles. The molecule has 26 heavy (non-hydrogen) atoms. The van der Waals surface area contributed by atoms with Crippen molar-refractivity contribution >= 4 is 11.8 Å². The lowest BCUT2D eigenvalue weighted by Crippen LogP contribution is -2.14. The first-order chi connectivity index (χ1) is 12.5. The number of benzene rings is 3. The van der Waals surface area contributed by atoms with Gasteiger partial charge in [-0.15, -0.1) is 0 Å². The van der Waals surface area contributed by atoms with Crippen LogP contribution in [0.3, 0.4) is 0 Å². The molecule has 0 amide bonds.